The number of halogens is 1. The van der Waals surface area contributed by atoms with Gasteiger partial charge in [-0.25, -0.2) is 13.2 Å². The van der Waals surface area contributed by atoms with Crippen molar-refractivity contribution in [2.75, 3.05) is 25.0 Å². The Morgan fingerprint density at radius 3 is 2.55 bits per heavy atom. The van der Waals surface area contributed by atoms with Gasteiger partial charge in [0.1, 0.15) is 0 Å². The molecule has 0 radical (unpaired) electrons. The number of sulfonamides is 1. The van der Waals surface area contributed by atoms with E-state index in [-0.39, 0.29) is 10.5 Å². The van der Waals surface area contributed by atoms with Crippen LogP contribution in [0.3, 0.4) is 0 Å². The molecule has 0 aliphatic carbocycles. The van der Waals surface area contributed by atoms with Gasteiger partial charge in [-0.3, -0.25) is 4.79 Å². The Morgan fingerprint density at radius 1 is 1.14 bits per heavy atom. The number of anilines is 1. The lowest BCUT2D eigenvalue weighted by molar-refractivity contribution is -0.119. The van der Waals surface area contributed by atoms with Crippen molar-refractivity contribution in [2.45, 2.75) is 24.7 Å². The number of hydrogen-bond donors (Lipinski definition) is 1. The summed E-state index contributed by atoms with van der Waals surface area (Å²) in [4.78, 5) is 24.4. The lowest BCUT2D eigenvalue weighted by atomic mass is 10.2. The highest BCUT2D eigenvalue weighted by Gasteiger charge is 2.27. The van der Waals surface area contributed by atoms with Crippen LogP contribution in [0.15, 0.2) is 47.4 Å². The molecule has 0 atom stereocenters. The molecule has 1 aliphatic heterocycles. The van der Waals surface area contributed by atoms with Crippen LogP contribution in [0.5, 0.6) is 0 Å². The predicted molar refractivity (Wildman–Crippen MR) is 110 cm³/mol. The molecular formula is C20H21ClN2O5S. The first-order valence-corrected chi connectivity index (χ1v) is 10.9. The highest BCUT2D eigenvalue weighted by atomic mass is 35.5. The lowest BCUT2D eigenvalue weighted by Gasteiger charge is -2.15. The number of benzene rings is 2. The summed E-state index contributed by atoms with van der Waals surface area (Å²) in [6, 6.07) is 10.7. The summed E-state index contributed by atoms with van der Waals surface area (Å²) in [6.07, 6.45) is 1.64. The molecule has 154 valence electrons. The van der Waals surface area contributed by atoms with Gasteiger partial charge in [0, 0.05) is 23.8 Å². The van der Waals surface area contributed by atoms with E-state index in [1.165, 1.54) is 28.6 Å². The average Bonchev–Trinajstić information content (AvgIpc) is 3.25. The van der Waals surface area contributed by atoms with Gasteiger partial charge in [0.25, 0.3) is 5.91 Å². The maximum Gasteiger partial charge on any atom is 0.338 e. The second-order valence-corrected chi connectivity index (χ2v) is 9.02. The van der Waals surface area contributed by atoms with Crippen LogP contribution in [0.4, 0.5) is 5.69 Å². The molecule has 0 spiro atoms. The number of esters is 1. The molecule has 1 aliphatic rings. The molecule has 2 aromatic rings. The minimum atomic E-state index is -3.64. The van der Waals surface area contributed by atoms with Crippen LogP contribution in [0, 0.1) is 6.92 Å². The highest BCUT2D eigenvalue weighted by molar-refractivity contribution is 7.89. The predicted octanol–water partition coefficient (Wildman–Crippen LogP) is 3.23. The third kappa shape index (κ3) is 4.95. The van der Waals surface area contributed by atoms with E-state index in [1.807, 2.05) is 0 Å². The number of ether oxygens (including phenoxy) is 1. The Balaban J connectivity index is 1.64. The number of hydrogen-bond acceptors (Lipinski definition) is 5. The Bertz CT molecular complexity index is 1030. The molecule has 1 N–H and O–H groups in total. The van der Waals surface area contributed by atoms with E-state index in [4.69, 9.17) is 16.3 Å². The van der Waals surface area contributed by atoms with Crippen molar-refractivity contribution in [1.82, 2.24) is 4.31 Å². The van der Waals surface area contributed by atoms with E-state index in [1.54, 1.807) is 25.1 Å². The number of rotatable bonds is 6. The molecule has 1 saturated heterocycles. The first kappa shape index (κ1) is 21.3. The summed E-state index contributed by atoms with van der Waals surface area (Å²) >= 11 is 6.01. The lowest BCUT2D eigenvalue weighted by Crippen LogP contribution is -2.28. The van der Waals surface area contributed by atoms with Crippen molar-refractivity contribution in [3.63, 3.8) is 0 Å². The first-order valence-electron chi connectivity index (χ1n) is 9.11. The monoisotopic (exact) mass is 436 g/mol. The van der Waals surface area contributed by atoms with Crippen molar-refractivity contribution in [2.24, 2.45) is 0 Å². The minimum Gasteiger partial charge on any atom is -0.452 e. The molecule has 9 heteroatoms. The van der Waals surface area contributed by atoms with Crippen LogP contribution in [-0.4, -0.2) is 44.3 Å². The van der Waals surface area contributed by atoms with E-state index < -0.39 is 28.5 Å². The smallest absolute Gasteiger partial charge is 0.338 e. The van der Waals surface area contributed by atoms with Crippen LogP contribution in [-0.2, 0) is 19.6 Å². The molecule has 0 bridgehead atoms. The highest BCUT2D eigenvalue weighted by Crippen LogP contribution is 2.23. The van der Waals surface area contributed by atoms with Crippen LogP contribution >= 0.6 is 11.6 Å². The fraction of sp³-hybridized carbons (Fsp3) is 0.300. The Hall–Kier alpha value is -2.42. The van der Waals surface area contributed by atoms with Gasteiger partial charge in [0.15, 0.2) is 6.61 Å². The summed E-state index contributed by atoms with van der Waals surface area (Å²) in [5.74, 6) is -1.30. The van der Waals surface area contributed by atoms with Crippen molar-refractivity contribution in [3.8, 4) is 0 Å². The largest absolute Gasteiger partial charge is 0.452 e. The normalized spacial score (nSPS) is 14.6. The fourth-order valence-electron chi connectivity index (χ4n) is 3.00. The summed E-state index contributed by atoms with van der Waals surface area (Å²) in [5, 5.41) is 3.14. The SMILES string of the molecule is Cc1c(Cl)cccc1NC(=O)COC(=O)c1cccc(S(=O)(=O)N2CCCC2)c1. The molecule has 1 fully saturated rings. The molecule has 2 aromatic carbocycles. The summed E-state index contributed by atoms with van der Waals surface area (Å²) in [6.45, 7) is 2.20. The molecule has 1 heterocycles. The van der Waals surface area contributed by atoms with E-state index in [2.05, 4.69) is 5.32 Å². The Kier molecular flexibility index (Phi) is 6.56. The Morgan fingerprint density at radius 2 is 1.83 bits per heavy atom. The van der Waals surface area contributed by atoms with Gasteiger partial charge in [0.2, 0.25) is 10.0 Å². The van der Waals surface area contributed by atoms with E-state index >= 15 is 0 Å². The van der Waals surface area contributed by atoms with Gasteiger partial charge >= 0.3 is 5.97 Å². The molecular weight excluding hydrogens is 416 g/mol. The van der Waals surface area contributed by atoms with Gasteiger partial charge in [0.05, 0.1) is 10.5 Å². The maximum absolute atomic E-state index is 12.6. The molecule has 29 heavy (non-hydrogen) atoms. The summed E-state index contributed by atoms with van der Waals surface area (Å²) < 4.78 is 31.7. The third-order valence-electron chi connectivity index (χ3n) is 4.65. The second-order valence-electron chi connectivity index (χ2n) is 6.68. The van der Waals surface area contributed by atoms with E-state index in [0.717, 1.165) is 12.8 Å². The average molecular weight is 437 g/mol. The van der Waals surface area contributed by atoms with Crippen LogP contribution in [0.25, 0.3) is 0 Å². The number of carbonyl (C=O) groups is 2. The zero-order chi connectivity index (χ0) is 21.0. The maximum atomic E-state index is 12.6. The van der Waals surface area contributed by atoms with Gasteiger partial charge in [-0.2, -0.15) is 4.31 Å². The fourth-order valence-corrected chi connectivity index (χ4v) is 4.74. The summed E-state index contributed by atoms with van der Waals surface area (Å²) in [7, 11) is -3.64. The van der Waals surface area contributed by atoms with Gasteiger partial charge < -0.3 is 10.1 Å². The second kappa shape index (κ2) is 8.94. The minimum absolute atomic E-state index is 0.0350. The number of carbonyl (C=O) groups excluding carboxylic acids is 2. The third-order valence-corrected chi connectivity index (χ3v) is 6.95. The van der Waals surface area contributed by atoms with E-state index in [9.17, 15) is 18.0 Å². The van der Waals surface area contributed by atoms with Crippen LogP contribution in [0.1, 0.15) is 28.8 Å². The van der Waals surface area contributed by atoms with Crippen molar-refractivity contribution in [1.29, 1.82) is 0 Å². The topological polar surface area (TPSA) is 92.8 Å². The number of amides is 1. The van der Waals surface area contributed by atoms with Gasteiger partial charge in [-0.1, -0.05) is 23.7 Å². The zero-order valence-corrected chi connectivity index (χ0v) is 17.4. The van der Waals surface area contributed by atoms with Crippen molar-refractivity contribution < 1.29 is 22.7 Å². The quantitative estimate of drug-likeness (QED) is 0.702. The zero-order valence-electron chi connectivity index (χ0n) is 15.9. The standard InChI is InChI=1S/C20H21ClN2O5S/c1-14-17(21)8-5-9-18(14)22-19(24)13-28-20(25)15-6-4-7-16(12-15)29(26,27)23-10-2-3-11-23/h4-9,12H,2-3,10-11,13H2,1H3,(H,22,24). The van der Waals surface area contributed by atoms with Crippen molar-refractivity contribution in [3.05, 3.63) is 58.6 Å². The van der Waals surface area contributed by atoms with Gasteiger partial charge in [-0.15, -0.1) is 0 Å². The van der Waals surface area contributed by atoms with Crippen LogP contribution in [0.2, 0.25) is 5.02 Å². The first-order chi connectivity index (χ1) is 13.8. The number of nitrogens with zero attached hydrogens (tertiary/aromatic N) is 1. The van der Waals surface area contributed by atoms with Gasteiger partial charge in [-0.05, 0) is 55.7 Å². The molecule has 1 amide bonds. The van der Waals surface area contributed by atoms with Crippen LogP contribution < -0.4 is 5.32 Å². The van der Waals surface area contributed by atoms with E-state index in [0.29, 0.717) is 29.4 Å². The molecule has 7 nitrogen and oxygen atoms in total. The molecule has 0 unspecified atom stereocenters. The molecule has 0 saturated carbocycles. The Labute approximate surface area is 174 Å². The van der Waals surface area contributed by atoms with Crippen molar-refractivity contribution >= 4 is 39.2 Å². The summed E-state index contributed by atoms with van der Waals surface area (Å²) in [5.41, 5.74) is 1.29. The molecule has 0 aromatic heterocycles. The molecule has 3 rings (SSSR count). The number of nitrogens with one attached hydrogen (secondary N) is 1.